The van der Waals surface area contributed by atoms with Gasteiger partial charge >= 0.3 is 5.97 Å². The molecule has 0 unspecified atom stereocenters. The lowest BCUT2D eigenvalue weighted by Gasteiger charge is -2.39. The highest BCUT2D eigenvalue weighted by atomic mass is 16.6. The van der Waals surface area contributed by atoms with Gasteiger partial charge < -0.3 is 19.3 Å². The zero-order valence-electron chi connectivity index (χ0n) is 21.6. The molecular formula is C30H34N2O3. The molecule has 0 atom stereocenters. The molecule has 2 aliphatic heterocycles. The van der Waals surface area contributed by atoms with Gasteiger partial charge in [-0.2, -0.15) is 0 Å². The largest absolute Gasteiger partial charge is 0.456 e. The Morgan fingerprint density at radius 2 is 1.17 bits per heavy atom. The first-order valence-electron chi connectivity index (χ1n) is 12.7. The van der Waals surface area contributed by atoms with Gasteiger partial charge in [-0.05, 0) is 71.9 Å². The SMILES string of the molecule is CCN(CC)c1ccc2c(c1C)Oc1c(ccc(N(CC)CC)c1C)C21OC(=O)c2ccccc21. The van der Waals surface area contributed by atoms with Gasteiger partial charge in [0.05, 0.1) is 5.56 Å². The van der Waals surface area contributed by atoms with Crippen molar-refractivity contribution in [3.05, 3.63) is 81.9 Å². The van der Waals surface area contributed by atoms with Crippen LogP contribution in [0.3, 0.4) is 0 Å². The Kier molecular flexibility index (Phi) is 5.74. The second kappa shape index (κ2) is 8.63. The summed E-state index contributed by atoms with van der Waals surface area (Å²) in [4.78, 5) is 17.8. The number of benzene rings is 3. The van der Waals surface area contributed by atoms with Gasteiger partial charge in [0.25, 0.3) is 0 Å². The number of hydrogen-bond donors (Lipinski definition) is 0. The van der Waals surface area contributed by atoms with Crippen LogP contribution in [-0.4, -0.2) is 32.1 Å². The van der Waals surface area contributed by atoms with Crippen LogP contribution in [0.2, 0.25) is 0 Å². The third-order valence-electron chi connectivity index (χ3n) is 7.70. The lowest BCUT2D eigenvalue weighted by atomic mass is 9.76. The van der Waals surface area contributed by atoms with Crippen molar-refractivity contribution in [3.63, 3.8) is 0 Å². The molecule has 182 valence electrons. The van der Waals surface area contributed by atoms with E-state index in [4.69, 9.17) is 9.47 Å². The zero-order valence-corrected chi connectivity index (χ0v) is 21.6. The molecule has 0 aromatic heterocycles. The number of anilines is 2. The van der Waals surface area contributed by atoms with E-state index >= 15 is 0 Å². The lowest BCUT2D eigenvalue weighted by Crippen LogP contribution is -2.34. The van der Waals surface area contributed by atoms with Gasteiger partial charge in [0.15, 0.2) is 5.60 Å². The normalized spacial score (nSPS) is 14.6. The topological polar surface area (TPSA) is 42.0 Å². The molecule has 0 bridgehead atoms. The van der Waals surface area contributed by atoms with Crippen molar-refractivity contribution < 1.29 is 14.3 Å². The molecule has 5 nitrogen and oxygen atoms in total. The van der Waals surface area contributed by atoms with Crippen LogP contribution in [0, 0.1) is 13.8 Å². The van der Waals surface area contributed by atoms with Crippen LogP contribution >= 0.6 is 0 Å². The van der Waals surface area contributed by atoms with E-state index in [1.165, 1.54) is 0 Å². The fraction of sp³-hybridized carbons (Fsp3) is 0.367. The lowest BCUT2D eigenvalue weighted by molar-refractivity contribution is 0.0223. The molecule has 0 amide bonds. The van der Waals surface area contributed by atoms with Crippen LogP contribution in [0.1, 0.15) is 65.9 Å². The van der Waals surface area contributed by atoms with Gasteiger partial charge in [0.1, 0.15) is 11.5 Å². The van der Waals surface area contributed by atoms with Crippen LogP contribution in [0.5, 0.6) is 11.5 Å². The van der Waals surface area contributed by atoms with Crippen molar-refractivity contribution in [1.82, 2.24) is 0 Å². The van der Waals surface area contributed by atoms with Gasteiger partial charge in [-0.3, -0.25) is 0 Å². The summed E-state index contributed by atoms with van der Waals surface area (Å²) in [5, 5.41) is 0. The summed E-state index contributed by atoms with van der Waals surface area (Å²) in [6, 6.07) is 16.2. The molecule has 2 heterocycles. The first kappa shape index (κ1) is 23.3. The maximum Gasteiger partial charge on any atom is 0.340 e. The Bertz CT molecular complexity index is 1240. The maximum atomic E-state index is 13.2. The third kappa shape index (κ3) is 3.17. The molecule has 1 spiro atoms. The summed E-state index contributed by atoms with van der Waals surface area (Å²) in [7, 11) is 0. The second-order valence-electron chi connectivity index (χ2n) is 9.24. The molecule has 35 heavy (non-hydrogen) atoms. The van der Waals surface area contributed by atoms with E-state index in [0.717, 1.165) is 76.9 Å². The predicted molar refractivity (Wildman–Crippen MR) is 141 cm³/mol. The van der Waals surface area contributed by atoms with E-state index in [1.54, 1.807) is 0 Å². The minimum absolute atomic E-state index is 0.296. The Balaban J connectivity index is 1.84. The van der Waals surface area contributed by atoms with Crippen molar-refractivity contribution in [2.75, 3.05) is 36.0 Å². The number of fused-ring (bicyclic) bond motifs is 6. The van der Waals surface area contributed by atoms with Gasteiger partial charge in [-0.25, -0.2) is 4.79 Å². The first-order valence-corrected chi connectivity index (χ1v) is 12.7. The predicted octanol–water partition coefficient (Wildman–Crippen LogP) is 6.56. The molecule has 0 saturated heterocycles. The fourth-order valence-corrected chi connectivity index (χ4v) is 5.86. The van der Waals surface area contributed by atoms with Crippen LogP contribution in [0.4, 0.5) is 11.4 Å². The fourth-order valence-electron chi connectivity index (χ4n) is 5.86. The molecule has 5 rings (SSSR count). The van der Waals surface area contributed by atoms with Gasteiger partial charge in [-0.15, -0.1) is 0 Å². The van der Waals surface area contributed by atoms with Gasteiger partial charge in [0, 0.05) is 65.4 Å². The number of nitrogens with zero attached hydrogens (tertiary/aromatic N) is 2. The summed E-state index contributed by atoms with van der Waals surface area (Å²) >= 11 is 0. The summed E-state index contributed by atoms with van der Waals surface area (Å²) in [5.74, 6) is 1.27. The van der Waals surface area contributed by atoms with E-state index < -0.39 is 5.60 Å². The van der Waals surface area contributed by atoms with Crippen molar-refractivity contribution in [2.24, 2.45) is 0 Å². The van der Waals surface area contributed by atoms with Crippen LogP contribution in [0.15, 0.2) is 48.5 Å². The van der Waals surface area contributed by atoms with Crippen LogP contribution < -0.4 is 14.5 Å². The minimum Gasteiger partial charge on any atom is -0.456 e. The molecule has 0 N–H and O–H groups in total. The quantitative estimate of drug-likeness (QED) is 0.382. The summed E-state index contributed by atoms with van der Waals surface area (Å²) < 4.78 is 13.2. The zero-order chi connectivity index (χ0) is 24.9. The molecule has 0 saturated carbocycles. The molecule has 3 aromatic rings. The second-order valence-corrected chi connectivity index (χ2v) is 9.24. The summed E-state index contributed by atoms with van der Waals surface area (Å²) in [6.07, 6.45) is 0. The number of hydrogen-bond acceptors (Lipinski definition) is 5. The number of carbonyl (C=O) groups excluding carboxylic acids is 1. The average Bonchev–Trinajstić information content (AvgIpc) is 3.17. The van der Waals surface area contributed by atoms with Crippen molar-refractivity contribution in [1.29, 1.82) is 0 Å². The van der Waals surface area contributed by atoms with E-state index in [-0.39, 0.29) is 5.97 Å². The number of esters is 1. The number of rotatable bonds is 6. The first-order chi connectivity index (χ1) is 16.9. The standard InChI is InChI=1S/C30H34N2O3/c1-7-31(8-2)25-17-15-23-27(19(25)5)34-28-20(6)26(32(9-3)10-4)18-16-24(28)30(23)22-14-12-11-13-21(22)29(33)35-30/h11-18H,7-10H2,1-6H3. The van der Waals surface area contributed by atoms with Crippen molar-refractivity contribution in [2.45, 2.75) is 47.1 Å². The molecular weight excluding hydrogens is 436 g/mol. The van der Waals surface area contributed by atoms with Crippen molar-refractivity contribution in [3.8, 4) is 11.5 Å². The Morgan fingerprint density at radius 3 is 1.66 bits per heavy atom. The average molecular weight is 471 g/mol. The van der Waals surface area contributed by atoms with Crippen LogP contribution in [0.25, 0.3) is 0 Å². The van der Waals surface area contributed by atoms with E-state index in [0.29, 0.717) is 5.56 Å². The third-order valence-corrected chi connectivity index (χ3v) is 7.70. The van der Waals surface area contributed by atoms with Gasteiger partial charge in [-0.1, -0.05) is 18.2 Å². The summed E-state index contributed by atoms with van der Waals surface area (Å²) in [6.45, 7) is 16.5. The number of carbonyl (C=O) groups is 1. The van der Waals surface area contributed by atoms with E-state index in [1.807, 2.05) is 24.3 Å². The highest BCUT2D eigenvalue weighted by Gasteiger charge is 2.54. The highest BCUT2D eigenvalue weighted by Crippen LogP contribution is 2.59. The number of ether oxygens (including phenoxy) is 2. The molecule has 3 aromatic carbocycles. The molecule has 0 fully saturated rings. The van der Waals surface area contributed by atoms with Crippen molar-refractivity contribution >= 4 is 17.3 Å². The highest BCUT2D eigenvalue weighted by molar-refractivity contribution is 5.97. The molecule has 2 aliphatic rings. The van der Waals surface area contributed by atoms with E-state index in [9.17, 15) is 4.79 Å². The van der Waals surface area contributed by atoms with Crippen LogP contribution in [-0.2, 0) is 10.3 Å². The molecule has 0 radical (unpaired) electrons. The molecule has 0 aliphatic carbocycles. The summed E-state index contributed by atoms with van der Waals surface area (Å²) in [5.41, 5.74) is 6.62. The smallest absolute Gasteiger partial charge is 0.340 e. The molecule has 5 heteroatoms. The minimum atomic E-state index is -1.03. The monoisotopic (exact) mass is 470 g/mol. The van der Waals surface area contributed by atoms with E-state index in [2.05, 4.69) is 75.6 Å². The Labute approximate surface area is 208 Å². The Morgan fingerprint density at radius 1 is 0.686 bits per heavy atom. The van der Waals surface area contributed by atoms with Gasteiger partial charge in [0.2, 0.25) is 0 Å². The maximum absolute atomic E-state index is 13.2. The Hall–Kier alpha value is -3.47.